The van der Waals surface area contributed by atoms with Crippen LogP contribution in [0.25, 0.3) is 0 Å². The van der Waals surface area contributed by atoms with Crippen LogP contribution in [0.4, 0.5) is 4.79 Å². The van der Waals surface area contributed by atoms with E-state index in [4.69, 9.17) is 4.74 Å². The molecule has 2 rings (SSSR count). The third-order valence-corrected chi connectivity index (χ3v) is 5.14. The topological polar surface area (TPSA) is 49.9 Å². The first kappa shape index (κ1) is 21.8. The monoisotopic (exact) mass is 354 g/mol. The van der Waals surface area contributed by atoms with Crippen molar-refractivity contribution in [3.8, 4) is 0 Å². The van der Waals surface area contributed by atoms with Crippen molar-refractivity contribution >= 4 is 12.0 Å². The average molecular weight is 355 g/mol. The summed E-state index contributed by atoms with van der Waals surface area (Å²) >= 11 is 0. The van der Waals surface area contributed by atoms with Gasteiger partial charge in [0, 0.05) is 33.1 Å². The minimum Gasteiger partial charge on any atom is -0.449 e. The maximum absolute atomic E-state index is 12.0. The van der Waals surface area contributed by atoms with Gasteiger partial charge in [0.05, 0.1) is 6.61 Å². The summed E-state index contributed by atoms with van der Waals surface area (Å²) in [6.07, 6.45) is 5.55. The highest BCUT2D eigenvalue weighted by Gasteiger charge is 2.28. The lowest BCUT2D eigenvalue weighted by atomic mass is 9.83. The smallest absolute Gasteiger partial charge is 0.409 e. The van der Waals surface area contributed by atoms with Crippen molar-refractivity contribution in [3.05, 3.63) is 0 Å². The van der Waals surface area contributed by atoms with Gasteiger partial charge in [-0.3, -0.25) is 4.79 Å². The molecule has 2 saturated heterocycles. The molecule has 146 valence electrons. The fourth-order valence-corrected chi connectivity index (χ4v) is 3.64. The first-order valence-corrected chi connectivity index (χ1v) is 10.1. The van der Waals surface area contributed by atoms with E-state index in [-0.39, 0.29) is 12.0 Å². The fraction of sp³-hybridized carbons (Fsp3) is 0.900. The maximum Gasteiger partial charge on any atom is 0.409 e. The second-order valence-electron chi connectivity index (χ2n) is 7.59. The minimum absolute atomic E-state index is 0.146. The maximum atomic E-state index is 12.0. The molecule has 0 aromatic heterocycles. The van der Waals surface area contributed by atoms with E-state index >= 15 is 0 Å². The van der Waals surface area contributed by atoms with Crippen LogP contribution in [0.2, 0.25) is 0 Å². The zero-order valence-electron chi connectivity index (χ0n) is 16.9. The Hall–Kier alpha value is -1.26. The van der Waals surface area contributed by atoms with Crippen molar-refractivity contribution in [1.29, 1.82) is 0 Å². The minimum atomic E-state index is -0.146. The summed E-state index contributed by atoms with van der Waals surface area (Å²) in [5.41, 5.74) is 0. The third kappa shape index (κ3) is 7.66. The first-order chi connectivity index (χ1) is 12.0. The number of rotatable bonds is 4. The van der Waals surface area contributed by atoms with Crippen LogP contribution in [-0.2, 0) is 9.53 Å². The molecule has 2 aliphatic heterocycles. The van der Waals surface area contributed by atoms with E-state index in [1.807, 2.05) is 23.6 Å². The summed E-state index contributed by atoms with van der Waals surface area (Å²) < 4.78 is 5.31. The second kappa shape index (κ2) is 11.4. The Morgan fingerprint density at radius 2 is 1.36 bits per heavy atom. The molecule has 0 unspecified atom stereocenters. The van der Waals surface area contributed by atoms with Gasteiger partial charge in [-0.05, 0) is 49.9 Å². The van der Waals surface area contributed by atoms with Gasteiger partial charge in [-0.25, -0.2) is 4.79 Å². The summed E-state index contributed by atoms with van der Waals surface area (Å²) in [7, 11) is 0. The predicted octanol–water partition coefficient (Wildman–Crippen LogP) is 4.17. The molecule has 0 radical (unpaired) electrons. The van der Waals surface area contributed by atoms with Crippen LogP contribution in [0, 0.1) is 17.8 Å². The van der Waals surface area contributed by atoms with Crippen LogP contribution in [0.15, 0.2) is 0 Å². The highest BCUT2D eigenvalue weighted by molar-refractivity contribution is 5.73. The molecule has 2 fully saturated rings. The summed E-state index contributed by atoms with van der Waals surface area (Å²) in [5, 5.41) is 0. The number of nitrogens with zero attached hydrogens (tertiary/aromatic N) is 2. The number of hydrogen-bond donors (Lipinski definition) is 0. The Morgan fingerprint density at radius 1 is 0.920 bits per heavy atom. The van der Waals surface area contributed by atoms with E-state index in [0.29, 0.717) is 12.5 Å². The number of amides is 2. The highest BCUT2D eigenvalue weighted by Crippen LogP contribution is 2.30. The van der Waals surface area contributed by atoms with Crippen LogP contribution in [0.1, 0.15) is 66.7 Å². The second-order valence-corrected chi connectivity index (χ2v) is 7.59. The van der Waals surface area contributed by atoms with Gasteiger partial charge in [-0.15, -0.1) is 0 Å². The standard InChI is InChI=1S/C18H32N2O3.C2H6/c1-14(2)13-23-18(22)20-10-6-17(7-11-20)12-16-4-8-19(9-5-16)15(3)21;1-2/h14,16-17H,4-13H2,1-3H3;1-2H3. The van der Waals surface area contributed by atoms with Crippen molar-refractivity contribution in [1.82, 2.24) is 9.80 Å². The van der Waals surface area contributed by atoms with E-state index in [9.17, 15) is 9.59 Å². The number of likely N-dealkylation sites (tertiary alicyclic amines) is 2. The summed E-state index contributed by atoms with van der Waals surface area (Å²) in [4.78, 5) is 27.2. The van der Waals surface area contributed by atoms with E-state index < -0.39 is 0 Å². The SMILES string of the molecule is CC.CC(=O)N1CCC(CC2CCN(C(=O)OCC(C)C)CC2)CC1. The highest BCUT2D eigenvalue weighted by atomic mass is 16.6. The van der Waals surface area contributed by atoms with E-state index in [1.165, 1.54) is 6.42 Å². The van der Waals surface area contributed by atoms with Crippen LogP contribution in [0.5, 0.6) is 0 Å². The molecule has 0 atom stereocenters. The number of piperidine rings is 2. The molecule has 2 heterocycles. The zero-order chi connectivity index (χ0) is 18.8. The third-order valence-electron chi connectivity index (χ3n) is 5.14. The largest absolute Gasteiger partial charge is 0.449 e. The van der Waals surface area contributed by atoms with Gasteiger partial charge >= 0.3 is 6.09 Å². The van der Waals surface area contributed by atoms with Crippen molar-refractivity contribution in [3.63, 3.8) is 0 Å². The van der Waals surface area contributed by atoms with Gasteiger partial charge < -0.3 is 14.5 Å². The lowest BCUT2D eigenvalue weighted by molar-refractivity contribution is -0.130. The van der Waals surface area contributed by atoms with Gasteiger partial charge in [0.15, 0.2) is 0 Å². The van der Waals surface area contributed by atoms with Gasteiger partial charge in [-0.1, -0.05) is 27.7 Å². The number of hydrogen-bond acceptors (Lipinski definition) is 3. The fourth-order valence-electron chi connectivity index (χ4n) is 3.64. The van der Waals surface area contributed by atoms with E-state index in [2.05, 4.69) is 13.8 Å². The molecular weight excluding hydrogens is 316 g/mol. The first-order valence-electron chi connectivity index (χ1n) is 10.1. The van der Waals surface area contributed by atoms with Gasteiger partial charge in [0.2, 0.25) is 5.91 Å². The number of ether oxygens (including phenoxy) is 1. The summed E-state index contributed by atoms with van der Waals surface area (Å²) in [5.74, 6) is 2.06. The lowest BCUT2D eigenvalue weighted by Crippen LogP contribution is -2.41. The molecule has 5 nitrogen and oxygen atoms in total. The molecule has 0 aromatic carbocycles. The molecule has 0 aliphatic carbocycles. The van der Waals surface area contributed by atoms with Crippen LogP contribution in [0.3, 0.4) is 0 Å². The predicted molar refractivity (Wildman–Crippen MR) is 101 cm³/mol. The van der Waals surface area contributed by atoms with E-state index in [0.717, 1.165) is 63.7 Å². The van der Waals surface area contributed by atoms with Gasteiger partial charge in [0.25, 0.3) is 0 Å². The van der Waals surface area contributed by atoms with Crippen LogP contribution < -0.4 is 0 Å². The van der Waals surface area contributed by atoms with Crippen LogP contribution >= 0.6 is 0 Å². The molecule has 2 aliphatic rings. The normalized spacial score (nSPS) is 19.4. The Labute approximate surface area is 154 Å². The molecule has 0 aromatic rings. The Bertz CT molecular complexity index is 396. The van der Waals surface area contributed by atoms with Crippen LogP contribution in [-0.4, -0.2) is 54.6 Å². The average Bonchev–Trinajstić information content (AvgIpc) is 2.62. The molecule has 0 spiro atoms. The zero-order valence-corrected chi connectivity index (χ0v) is 16.9. The lowest BCUT2D eigenvalue weighted by Gasteiger charge is -2.36. The van der Waals surface area contributed by atoms with Crippen molar-refractivity contribution in [2.75, 3.05) is 32.8 Å². The van der Waals surface area contributed by atoms with Gasteiger partial charge in [0.1, 0.15) is 0 Å². The molecule has 5 heteroatoms. The summed E-state index contributed by atoms with van der Waals surface area (Å²) in [6, 6.07) is 0. The Balaban J connectivity index is 0.00000151. The van der Waals surface area contributed by atoms with Crippen molar-refractivity contribution < 1.29 is 14.3 Å². The molecule has 0 saturated carbocycles. The number of carbonyl (C=O) groups excluding carboxylic acids is 2. The van der Waals surface area contributed by atoms with Crippen molar-refractivity contribution in [2.24, 2.45) is 17.8 Å². The molecule has 25 heavy (non-hydrogen) atoms. The molecule has 0 N–H and O–H groups in total. The number of carbonyl (C=O) groups is 2. The van der Waals surface area contributed by atoms with E-state index in [1.54, 1.807) is 6.92 Å². The quantitative estimate of drug-likeness (QED) is 0.761. The van der Waals surface area contributed by atoms with Crippen molar-refractivity contribution in [2.45, 2.75) is 66.7 Å². The van der Waals surface area contributed by atoms with Gasteiger partial charge in [-0.2, -0.15) is 0 Å². The molecular formula is C20H38N2O3. The molecule has 2 amide bonds. The summed E-state index contributed by atoms with van der Waals surface area (Å²) in [6.45, 7) is 13.8. The Morgan fingerprint density at radius 3 is 1.76 bits per heavy atom. The Kier molecular flexibility index (Phi) is 9.91. The molecule has 0 bridgehead atoms.